The quantitative estimate of drug-likeness (QED) is 0.774. The number of hydrogen-bond donors (Lipinski definition) is 1. The van der Waals surface area contributed by atoms with Crippen LogP contribution in [0.2, 0.25) is 0 Å². The molecule has 0 aliphatic rings. The maximum absolute atomic E-state index is 6.24. The zero-order chi connectivity index (χ0) is 14.3. The van der Waals surface area contributed by atoms with Gasteiger partial charge < -0.3 is 10.3 Å². The summed E-state index contributed by atoms with van der Waals surface area (Å²) < 4.78 is 1.96. The lowest BCUT2D eigenvalue weighted by Gasteiger charge is -2.05. The molecule has 2 aromatic heterocycles. The van der Waals surface area contributed by atoms with Gasteiger partial charge in [0.2, 0.25) is 0 Å². The van der Waals surface area contributed by atoms with E-state index in [1.807, 2.05) is 41.9 Å². The predicted octanol–water partition coefficient (Wildman–Crippen LogP) is 3.34. The molecule has 0 bridgehead atoms. The van der Waals surface area contributed by atoms with E-state index >= 15 is 0 Å². The molecule has 102 valence electrons. The normalized spacial score (nSPS) is 11.4. The topological polar surface area (TPSA) is 56.7 Å². The van der Waals surface area contributed by atoms with E-state index in [0.717, 1.165) is 28.0 Å². The zero-order valence-corrected chi connectivity index (χ0v) is 12.0. The number of nitrogens with two attached hydrogens (primary N) is 1. The van der Waals surface area contributed by atoms with Gasteiger partial charge in [0.05, 0.1) is 5.52 Å². The van der Waals surface area contributed by atoms with E-state index in [1.165, 1.54) is 0 Å². The average Bonchev–Trinajstić information content (AvgIpc) is 2.75. The highest BCUT2D eigenvalue weighted by atomic mass is 15.1. The van der Waals surface area contributed by atoms with Gasteiger partial charge in [-0.1, -0.05) is 38.1 Å². The molecule has 0 aliphatic carbocycles. The van der Waals surface area contributed by atoms with Gasteiger partial charge in [-0.25, -0.2) is 4.98 Å². The van der Waals surface area contributed by atoms with Crippen LogP contribution in [0.15, 0.2) is 36.5 Å². The Morgan fingerprint density at radius 2 is 1.90 bits per heavy atom. The molecule has 0 fully saturated rings. The van der Waals surface area contributed by atoms with E-state index in [0.29, 0.717) is 11.7 Å². The molecule has 20 heavy (non-hydrogen) atoms. The SMILES string of the molecule is CC(C)c1nc(-c2cccc3cccnc23)c(N)n1C. The molecule has 0 unspecified atom stereocenters. The van der Waals surface area contributed by atoms with Gasteiger partial charge in [0.1, 0.15) is 17.3 Å². The van der Waals surface area contributed by atoms with Gasteiger partial charge in [-0.05, 0) is 6.07 Å². The third-order valence-electron chi connectivity index (χ3n) is 3.58. The monoisotopic (exact) mass is 266 g/mol. The third-order valence-corrected chi connectivity index (χ3v) is 3.58. The van der Waals surface area contributed by atoms with Crippen molar-refractivity contribution in [1.82, 2.24) is 14.5 Å². The van der Waals surface area contributed by atoms with E-state index in [9.17, 15) is 0 Å². The highest BCUT2D eigenvalue weighted by Crippen LogP contribution is 2.32. The van der Waals surface area contributed by atoms with Crippen molar-refractivity contribution in [3.05, 3.63) is 42.4 Å². The van der Waals surface area contributed by atoms with Crippen LogP contribution in [0.25, 0.3) is 22.2 Å². The van der Waals surface area contributed by atoms with Gasteiger partial charge in [0.25, 0.3) is 0 Å². The van der Waals surface area contributed by atoms with Crippen LogP contribution in [0.1, 0.15) is 25.6 Å². The number of nitrogen functional groups attached to an aromatic ring is 1. The molecule has 1 aromatic carbocycles. The Balaban J connectivity index is 2.29. The van der Waals surface area contributed by atoms with Crippen LogP contribution >= 0.6 is 0 Å². The lowest BCUT2D eigenvalue weighted by atomic mass is 10.1. The number of anilines is 1. The van der Waals surface area contributed by atoms with E-state index in [1.54, 1.807) is 6.20 Å². The molecule has 0 spiro atoms. The van der Waals surface area contributed by atoms with Crippen molar-refractivity contribution in [2.24, 2.45) is 7.05 Å². The number of pyridine rings is 1. The first kappa shape index (κ1) is 12.7. The molecule has 0 saturated heterocycles. The predicted molar refractivity (Wildman–Crippen MR) is 82.4 cm³/mol. The van der Waals surface area contributed by atoms with Gasteiger partial charge in [0.15, 0.2) is 0 Å². The Labute approximate surface area is 118 Å². The van der Waals surface area contributed by atoms with Crippen molar-refractivity contribution < 1.29 is 0 Å². The molecule has 4 nitrogen and oxygen atoms in total. The van der Waals surface area contributed by atoms with Crippen LogP contribution < -0.4 is 5.73 Å². The van der Waals surface area contributed by atoms with Crippen LogP contribution in [0.4, 0.5) is 5.82 Å². The number of nitrogens with zero attached hydrogens (tertiary/aromatic N) is 3. The molecule has 2 N–H and O–H groups in total. The smallest absolute Gasteiger partial charge is 0.131 e. The fraction of sp³-hybridized carbons (Fsp3) is 0.250. The fourth-order valence-corrected chi connectivity index (χ4v) is 2.54. The number of hydrogen-bond acceptors (Lipinski definition) is 3. The first-order chi connectivity index (χ1) is 9.59. The maximum Gasteiger partial charge on any atom is 0.131 e. The third kappa shape index (κ3) is 1.84. The molecule has 0 amide bonds. The van der Waals surface area contributed by atoms with Crippen molar-refractivity contribution >= 4 is 16.7 Å². The van der Waals surface area contributed by atoms with Crippen molar-refractivity contribution in [2.75, 3.05) is 5.73 Å². The number of benzene rings is 1. The highest BCUT2D eigenvalue weighted by molar-refractivity contribution is 5.94. The van der Waals surface area contributed by atoms with Crippen LogP contribution in [0.3, 0.4) is 0 Å². The second-order valence-electron chi connectivity index (χ2n) is 5.30. The van der Waals surface area contributed by atoms with Crippen molar-refractivity contribution in [3.8, 4) is 11.3 Å². The van der Waals surface area contributed by atoms with Gasteiger partial charge >= 0.3 is 0 Å². The van der Waals surface area contributed by atoms with Crippen LogP contribution in [-0.2, 0) is 7.05 Å². The van der Waals surface area contributed by atoms with Gasteiger partial charge in [-0.15, -0.1) is 0 Å². The minimum Gasteiger partial charge on any atom is -0.383 e. The molecular formula is C16H18N4. The van der Waals surface area contributed by atoms with Crippen LogP contribution in [0, 0.1) is 0 Å². The molecule has 0 aliphatic heterocycles. The Morgan fingerprint density at radius 3 is 2.60 bits per heavy atom. The minimum atomic E-state index is 0.332. The number of fused-ring (bicyclic) bond motifs is 1. The summed E-state index contributed by atoms with van der Waals surface area (Å²) in [6.45, 7) is 4.24. The molecule has 3 aromatic rings. The fourth-order valence-electron chi connectivity index (χ4n) is 2.54. The maximum atomic E-state index is 6.24. The molecule has 0 radical (unpaired) electrons. The molecular weight excluding hydrogens is 248 g/mol. The first-order valence-corrected chi connectivity index (χ1v) is 6.75. The van der Waals surface area contributed by atoms with E-state index in [2.05, 4.69) is 18.8 Å². The van der Waals surface area contributed by atoms with Crippen LogP contribution in [0.5, 0.6) is 0 Å². The Kier molecular flexibility index (Phi) is 2.93. The second kappa shape index (κ2) is 4.63. The van der Waals surface area contributed by atoms with Crippen molar-refractivity contribution in [2.45, 2.75) is 19.8 Å². The molecule has 2 heterocycles. The minimum absolute atomic E-state index is 0.332. The van der Waals surface area contributed by atoms with Gasteiger partial charge in [-0.3, -0.25) is 4.98 Å². The number of rotatable bonds is 2. The van der Waals surface area contributed by atoms with Crippen molar-refractivity contribution in [1.29, 1.82) is 0 Å². The number of para-hydroxylation sites is 1. The summed E-state index contributed by atoms with van der Waals surface area (Å²) in [7, 11) is 1.96. The first-order valence-electron chi connectivity index (χ1n) is 6.75. The summed E-state index contributed by atoms with van der Waals surface area (Å²) >= 11 is 0. The summed E-state index contributed by atoms with van der Waals surface area (Å²) in [6.07, 6.45) is 1.80. The summed E-state index contributed by atoms with van der Waals surface area (Å²) in [4.78, 5) is 9.20. The Hall–Kier alpha value is -2.36. The molecule has 0 atom stereocenters. The van der Waals surface area contributed by atoms with E-state index in [4.69, 9.17) is 10.7 Å². The lowest BCUT2D eigenvalue weighted by molar-refractivity contribution is 0.715. The Morgan fingerprint density at radius 1 is 1.15 bits per heavy atom. The van der Waals surface area contributed by atoms with Gasteiger partial charge in [0, 0.05) is 30.1 Å². The summed E-state index contributed by atoms with van der Waals surface area (Å²) in [5.74, 6) is 2.01. The zero-order valence-electron chi connectivity index (χ0n) is 12.0. The van der Waals surface area contributed by atoms with Gasteiger partial charge in [-0.2, -0.15) is 0 Å². The molecule has 0 saturated carbocycles. The largest absolute Gasteiger partial charge is 0.383 e. The van der Waals surface area contributed by atoms with E-state index in [-0.39, 0.29) is 0 Å². The summed E-state index contributed by atoms with van der Waals surface area (Å²) in [5, 5.41) is 1.10. The molecule has 4 heteroatoms. The lowest BCUT2D eigenvalue weighted by Crippen LogP contribution is -2.02. The van der Waals surface area contributed by atoms with E-state index < -0.39 is 0 Å². The standard InChI is InChI=1S/C16H18N4/c1-10(2)16-19-14(15(17)20(16)3)12-8-4-6-11-7-5-9-18-13(11)12/h4-10H,17H2,1-3H3. The van der Waals surface area contributed by atoms with Crippen LogP contribution in [-0.4, -0.2) is 14.5 Å². The number of aromatic nitrogens is 3. The highest BCUT2D eigenvalue weighted by Gasteiger charge is 2.17. The second-order valence-corrected chi connectivity index (χ2v) is 5.30. The average molecular weight is 266 g/mol. The Bertz CT molecular complexity index is 766. The molecule has 3 rings (SSSR count). The summed E-state index contributed by atoms with van der Waals surface area (Å²) in [6, 6.07) is 10.1. The van der Waals surface area contributed by atoms with Crippen molar-refractivity contribution in [3.63, 3.8) is 0 Å². The summed E-state index contributed by atoms with van der Waals surface area (Å²) in [5.41, 5.74) is 8.99. The number of imidazole rings is 1.